The molecule has 1 aromatic carbocycles. The summed E-state index contributed by atoms with van der Waals surface area (Å²) in [6.45, 7) is 4.23. The van der Waals surface area contributed by atoms with Gasteiger partial charge in [0.05, 0.1) is 12.7 Å². The molecule has 1 atom stereocenters. The number of hydrogen-bond acceptors (Lipinski definition) is 2. The van der Waals surface area contributed by atoms with Crippen molar-refractivity contribution in [3.8, 4) is 18.1 Å². The largest absolute Gasteiger partial charge is 0.492 e. The number of aliphatic hydroxyl groups is 1. The Morgan fingerprint density at radius 3 is 2.80 bits per heavy atom. The molecule has 0 aliphatic carbocycles. The summed E-state index contributed by atoms with van der Waals surface area (Å²) < 4.78 is 5.49. The molecule has 2 nitrogen and oxygen atoms in total. The zero-order valence-electron chi connectivity index (χ0n) is 9.16. The van der Waals surface area contributed by atoms with Crippen molar-refractivity contribution < 1.29 is 9.84 Å². The van der Waals surface area contributed by atoms with E-state index in [4.69, 9.17) is 11.2 Å². The van der Waals surface area contributed by atoms with Gasteiger partial charge in [-0.1, -0.05) is 6.07 Å². The maximum Gasteiger partial charge on any atom is 0.122 e. The first-order chi connectivity index (χ1) is 7.15. The minimum absolute atomic E-state index is 0.441. The van der Waals surface area contributed by atoms with E-state index in [9.17, 15) is 5.11 Å². The van der Waals surface area contributed by atoms with Crippen LogP contribution in [0.1, 0.15) is 30.6 Å². The average Bonchev–Trinajstić information content (AvgIpc) is 2.20. The molecule has 0 amide bonds. The maximum absolute atomic E-state index is 9.39. The van der Waals surface area contributed by atoms with Crippen molar-refractivity contribution in [2.75, 3.05) is 6.61 Å². The van der Waals surface area contributed by atoms with E-state index < -0.39 is 6.10 Å². The third-order valence-electron chi connectivity index (χ3n) is 2.19. The highest BCUT2D eigenvalue weighted by atomic mass is 16.5. The summed E-state index contributed by atoms with van der Waals surface area (Å²) >= 11 is 0. The molecule has 0 unspecified atom stereocenters. The molecule has 0 saturated heterocycles. The van der Waals surface area contributed by atoms with E-state index in [-0.39, 0.29) is 0 Å². The fourth-order valence-electron chi connectivity index (χ4n) is 1.31. The lowest BCUT2D eigenvalue weighted by atomic mass is 10.1. The van der Waals surface area contributed by atoms with Gasteiger partial charge in [0.1, 0.15) is 5.75 Å². The molecule has 1 N–H and O–H groups in total. The smallest absolute Gasteiger partial charge is 0.122 e. The van der Waals surface area contributed by atoms with Crippen LogP contribution < -0.4 is 4.74 Å². The maximum atomic E-state index is 9.39. The molecule has 80 valence electrons. The average molecular weight is 204 g/mol. The highest BCUT2D eigenvalue weighted by molar-refractivity contribution is 5.36. The molecule has 1 aromatic rings. The van der Waals surface area contributed by atoms with Crippen LogP contribution in [0, 0.1) is 19.3 Å². The Morgan fingerprint density at radius 2 is 2.27 bits per heavy atom. The molecule has 0 aliphatic rings. The van der Waals surface area contributed by atoms with Gasteiger partial charge in [0, 0.05) is 6.42 Å². The van der Waals surface area contributed by atoms with Crippen LogP contribution in [0.3, 0.4) is 0 Å². The lowest BCUT2D eigenvalue weighted by Crippen LogP contribution is -1.99. The molecule has 0 radical (unpaired) electrons. The van der Waals surface area contributed by atoms with E-state index in [1.807, 2.05) is 25.1 Å². The van der Waals surface area contributed by atoms with Gasteiger partial charge in [-0.15, -0.1) is 12.3 Å². The Bertz CT molecular complexity index is 361. The number of terminal acetylenes is 1. The second-order valence-electron chi connectivity index (χ2n) is 3.50. The first-order valence-electron chi connectivity index (χ1n) is 5.00. The molecular weight excluding hydrogens is 188 g/mol. The second-order valence-corrected chi connectivity index (χ2v) is 3.50. The van der Waals surface area contributed by atoms with Gasteiger partial charge in [-0.3, -0.25) is 0 Å². The van der Waals surface area contributed by atoms with E-state index in [1.54, 1.807) is 6.92 Å². The first kappa shape index (κ1) is 11.6. The van der Waals surface area contributed by atoms with Gasteiger partial charge < -0.3 is 9.84 Å². The van der Waals surface area contributed by atoms with Crippen LogP contribution in [0.5, 0.6) is 5.75 Å². The van der Waals surface area contributed by atoms with Crippen LogP contribution in [0.15, 0.2) is 18.2 Å². The highest BCUT2D eigenvalue weighted by Crippen LogP contribution is 2.22. The van der Waals surface area contributed by atoms with E-state index in [1.165, 1.54) is 0 Å². The summed E-state index contributed by atoms with van der Waals surface area (Å²) in [4.78, 5) is 0. The molecule has 15 heavy (non-hydrogen) atoms. The zero-order chi connectivity index (χ0) is 11.3. The SMILES string of the molecule is C#CCCOc1ccc([C@H](C)O)cc1C. The van der Waals surface area contributed by atoms with E-state index in [0.717, 1.165) is 16.9 Å². The third-order valence-corrected chi connectivity index (χ3v) is 2.19. The number of ether oxygens (including phenoxy) is 1. The fourth-order valence-corrected chi connectivity index (χ4v) is 1.31. The van der Waals surface area contributed by atoms with E-state index >= 15 is 0 Å². The third kappa shape index (κ3) is 3.30. The van der Waals surface area contributed by atoms with Crippen LogP contribution in [0.25, 0.3) is 0 Å². The highest BCUT2D eigenvalue weighted by Gasteiger charge is 2.04. The minimum atomic E-state index is -0.441. The molecule has 0 aromatic heterocycles. The van der Waals surface area contributed by atoms with Crippen LogP contribution in [-0.4, -0.2) is 11.7 Å². The molecule has 0 aliphatic heterocycles. The molecule has 0 bridgehead atoms. The number of rotatable bonds is 4. The summed E-state index contributed by atoms with van der Waals surface area (Å²) in [6.07, 6.45) is 5.30. The van der Waals surface area contributed by atoms with E-state index in [2.05, 4.69) is 5.92 Å². The Labute approximate surface area is 90.9 Å². The Balaban J connectivity index is 2.71. The van der Waals surface area contributed by atoms with Gasteiger partial charge in [-0.05, 0) is 37.1 Å². The molecule has 0 saturated carbocycles. The van der Waals surface area contributed by atoms with Crippen molar-refractivity contribution in [3.05, 3.63) is 29.3 Å². The quantitative estimate of drug-likeness (QED) is 0.603. The van der Waals surface area contributed by atoms with Crippen LogP contribution in [-0.2, 0) is 0 Å². The number of benzene rings is 1. The van der Waals surface area contributed by atoms with Gasteiger partial charge in [-0.25, -0.2) is 0 Å². The van der Waals surface area contributed by atoms with Gasteiger partial charge in [0.2, 0.25) is 0 Å². The van der Waals surface area contributed by atoms with Gasteiger partial charge >= 0.3 is 0 Å². The topological polar surface area (TPSA) is 29.5 Å². The van der Waals surface area contributed by atoms with Gasteiger partial charge in [-0.2, -0.15) is 0 Å². The predicted molar refractivity (Wildman–Crippen MR) is 60.8 cm³/mol. The minimum Gasteiger partial charge on any atom is -0.492 e. The van der Waals surface area contributed by atoms with Crippen LogP contribution >= 0.6 is 0 Å². The van der Waals surface area contributed by atoms with Crippen LogP contribution in [0.2, 0.25) is 0 Å². The Morgan fingerprint density at radius 1 is 1.53 bits per heavy atom. The normalized spacial score (nSPS) is 11.9. The monoisotopic (exact) mass is 204 g/mol. The summed E-state index contributed by atoms with van der Waals surface area (Å²) in [6, 6.07) is 5.66. The van der Waals surface area contributed by atoms with Crippen molar-refractivity contribution in [1.82, 2.24) is 0 Å². The second kappa shape index (κ2) is 5.43. The van der Waals surface area contributed by atoms with E-state index in [0.29, 0.717) is 13.0 Å². The predicted octanol–water partition coefficient (Wildman–Crippen LogP) is 2.45. The summed E-state index contributed by atoms with van der Waals surface area (Å²) in [5.74, 6) is 3.35. The first-order valence-corrected chi connectivity index (χ1v) is 5.00. The number of hydrogen-bond donors (Lipinski definition) is 1. The fraction of sp³-hybridized carbons (Fsp3) is 0.385. The molecule has 0 heterocycles. The summed E-state index contributed by atoms with van der Waals surface area (Å²) in [5.41, 5.74) is 1.92. The molecule has 2 heteroatoms. The Kier molecular flexibility index (Phi) is 4.20. The van der Waals surface area contributed by atoms with Gasteiger partial charge in [0.15, 0.2) is 0 Å². The summed E-state index contributed by atoms with van der Waals surface area (Å²) in [7, 11) is 0. The molecular formula is C13H16O2. The van der Waals surface area contributed by atoms with Crippen molar-refractivity contribution in [2.24, 2.45) is 0 Å². The molecule has 1 rings (SSSR count). The number of aryl methyl sites for hydroxylation is 1. The zero-order valence-corrected chi connectivity index (χ0v) is 9.16. The van der Waals surface area contributed by atoms with Crippen molar-refractivity contribution >= 4 is 0 Å². The van der Waals surface area contributed by atoms with Crippen LogP contribution in [0.4, 0.5) is 0 Å². The van der Waals surface area contributed by atoms with Crippen molar-refractivity contribution in [1.29, 1.82) is 0 Å². The lowest BCUT2D eigenvalue weighted by Gasteiger charge is -2.10. The van der Waals surface area contributed by atoms with Crippen molar-refractivity contribution in [3.63, 3.8) is 0 Å². The number of aliphatic hydroxyl groups excluding tert-OH is 1. The lowest BCUT2D eigenvalue weighted by molar-refractivity contribution is 0.199. The summed E-state index contributed by atoms with van der Waals surface area (Å²) in [5, 5.41) is 9.39. The molecule has 0 spiro atoms. The van der Waals surface area contributed by atoms with Crippen molar-refractivity contribution in [2.45, 2.75) is 26.4 Å². The van der Waals surface area contributed by atoms with Gasteiger partial charge in [0.25, 0.3) is 0 Å². The molecule has 0 fully saturated rings. The standard InChI is InChI=1S/C13H16O2/c1-4-5-8-15-13-7-6-12(11(3)14)9-10(13)2/h1,6-7,9,11,14H,5,8H2,2-3H3/t11-/m0/s1. The Hall–Kier alpha value is -1.46.